The summed E-state index contributed by atoms with van der Waals surface area (Å²) < 4.78 is 2.79. The van der Waals surface area contributed by atoms with Gasteiger partial charge in [-0.15, -0.1) is 5.10 Å². The molecule has 0 aliphatic rings. The molecule has 0 unspecified atom stereocenters. The van der Waals surface area contributed by atoms with Gasteiger partial charge in [-0.2, -0.15) is 10.4 Å². The maximum Gasteiger partial charge on any atom is 0.281 e. The molecule has 0 atom stereocenters. The van der Waals surface area contributed by atoms with Crippen LogP contribution < -0.4 is 5.56 Å². The highest BCUT2D eigenvalue weighted by Crippen LogP contribution is 2.06. The van der Waals surface area contributed by atoms with Gasteiger partial charge in [0.2, 0.25) is 0 Å². The van der Waals surface area contributed by atoms with Gasteiger partial charge in [0.25, 0.3) is 5.56 Å². The van der Waals surface area contributed by atoms with E-state index in [9.17, 15) is 4.79 Å². The number of nitriles is 1. The molecule has 0 aliphatic carbocycles. The number of benzene rings is 1. The summed E-state index contributed by atoms with van der Waals surface area (Å²) in [5.74, 6) is 0. The van der Waals surface area contributed by atoms with E-state index < -0.39 is 0 Å². The molecule has 3 aromatic rings. The third kappa shape index (κ3) is 1.93. The lowest BCUT2D eigenvalue weighted by molar-refractivity contribution is 0.595. The van der Waals surface area contributed by atoms with Crippen LogP contribution >= 0.6 is 0 Å². The van der Waals surface area contributed by atoms with Crippen molar-refractivity contribution in [2.75, 3.05) is 0 Å². The molecule has 0 spiro atoms. The minimum atomic E-state index is -0.229. The molecule has 2 aromatic heterocycles. The Balaban J connectivity index is 2.00. The quantitative estimate of drug-likeness (QED) is 0.671. The number of aromatic nitrogens is 5. The predicted octanol–water partition coefficient (Wildman–Crippen LogP) is 0.445. The zero-order valence-corrected chi connectivity index (χ0v) is 10.7. The number of hydrogen-bond donors (Lipinski definition) is 0. The minimum Gasteiger partial charge on any atom is -0.267 e. The van der Waals surface area contributed by atoms with Crippen molar-refractivity contribution >= 4 is 11.0 Å². The van der Waals surface area contributed by atoms with E-state index in [1.807, 2.05) is 6.07 Å². The highest BCUT2D eigenvalue weighted by atomic mass is 16.1. The Labute approximate surface area is 113 Å². The molecule has 0 saturated carbocycles. The minimum absolute atomic E-state index is 0.229. The molecule has 2 heterocycles. The molecule has 0 radical (unpaired) electrons. The summed E-state index contributed by atoms with van der Waals surface area (Å²) in [5.41, 5.74) is 1.69. The highest BCUT2D eigenvalue weighted by Gasteiger charge is 2.09. The van der Waals surface area contributed by atoms with Crippen molar-refractivity contribution < 1.29 is 0 Å². The van der Waals surface area contributed by atoms with Crippen LogP contribution in [0.1, 0.15) is 11.1 Å². The number of aryl methyl sites for hydroxylation is 1. The maximum absolute atomic E-state index is 12.2. The van der Waals surface area contributed by atoms with Crippen molar-refractivity contribution in [2.45, 2.75) is 6.54 Å². The molecule has 0 aliphatic heterocycles. The zero-order chi connectivity index (χ0) is 14.1. The summed E-state index contributed by atoms with van der Waals surface area (Å²) in [6, 6.07) is 9.04. The third-order valence-corrected chi connectivity index (χ3v) is 3.04. The van der Waals surface area contributed by atoms with E-state index in [0.717, 1.165) is 5.56 Å². The van der Waals surface area contributed by atoms with E-state index in [1.165, 1.54) is 15.6 Å². The number of rotatable bonds is 2. The van der Waals surface area contributed by atoms with Gasteiger partial charge in [0.15, 0.2) is 5.65 Å². The number of fused-ring (bicyclic) bond motifs is 1. The molecule has 20 heavy (non-hydrogen) atoms. The average molecular weight is 266 g/mol. The lowest BCUT2D eigenvalue weighted by Crippen LogP contribution is -2.24. The van der Waals surface area contributed by atoms with Gasteiger partial charge in [0.1, 0.15) is 5.39 Å². The molecule has 0 saturated heterocycles. The summed E-state index contributed by atoms with van der Waals surface area (Å²) >= 11 is 0. The van der Waals surface area contributed by atoms with Crippen molar-refractivity contribution in [1.29, 1.82) is 5.26 Å². The second kappa shape index (κ2) is 4.59. The van der Waals surface area contributed by atoms with Gasteiger partial charge >= 0.3 is 0 Å². The SMILES string of the molecule is Cn1ncc2c(=O)n(Cc3ccc(C#N)cc3)nnc21. The van der Waals surface area contributed by atoms with Crippen molar-refractivity contribution in [3.63, 3.8) is 0 Å². The Morgan fingerprint density at radius 2 is 2.05 bits per heavy atom. The molecule has 7 heteroatoms. The number of nitrogens with zero attached hydrogens (tertiary/aromatic N) is 6. The monoisotopic (exact) mass is 266 g/mol. The Morgan fingerprint density at radius 1 is 1.30 bits per heavy atom. The fourth-order valence-corrected chi connectivity index (χ4v) is 1.94. The van der Waals surface area contributed by atoms with Gasteiger partial charge in [-0.25, -0.2) is 9.36 Å². The molecular weight excluding hydrogens is 256 g/mol. The summed E-state index contributed by atoms with van der Waals surface area (Å²) in [6.45, 7) is 0.308. The van der Waals surface area contributed by atoms with Crippen LogP contribution in [0.25, 0.3) is 11.0 Å². The van der Waals surface area contributed by atoms with Crippen molar-refractivity contribution in [3.8, 4) is 6.07 Å². The van der Waals surface area contributed by atoms with Gasteiger partial charge in [-0.3, -0.25) is 4.79 Å². The van der Waals surface area contributed by atoms with Gasteiger partial charge < -0.3 is 0 Å². The summed E-state index contributed by atoms with van der Waals surface area (Å²) in [5, 5.41) is 21.1. The molecule has 98 valence electrons. The van der Waals surface area contributed by atoms with Crippen LogP contribution in [-0.2, 0) is 13.6 Å². The average Bonchev–Trinajstić information content (AvgIpc) is 2.85. The second-order valence-corrected chi connectivity index (χ2v) is 4.37. The number of hydrogen-bond acceptors (Lipinski definition) is 5. The van der Waals surface area contributed by atoms with Crippen molar-refractivity contribution in [1.82, 2.24) is 24.8 Å². The van der Waals surface area contributed by atoms with Gasteiger partial charge in [-0.1, -0.05) is 17.3 Å². The van der Waals surface area contributed by atoms with Crippen LogP contribution in [0, 0.1) is 11.3 Å². The molecule has 1 aromatic carbocycles. The Bertz CT molecular complexity index is 868. The Morgan fingerprint density at radius 3 is 2.75 bits per heavy atom. The fraction of sp³-hybridized carbons (Fsp3) is 0.154. The molecule has 0 fully saturated rings. The first-order chi connectivity index (χ1) is 9.69. The molecule has 0 amide bonds. The van der Waals surface area contributed by atoms with Crippen molar-refractivity contribution in [2.24, 2.45) is 7.05 Å². The molecule has 0 bridgehead atoms. The third-order valence-electron chi connectivity index (χ3n) is 3.04. The standard InChI is InChI=1S/C13H10N6O/c1-18-12-11(7-15-18)13(20)19(17-16-12)8-10-4-2-9(6-14)3-5-10/h2-5,7H,8H2,1H3. The van der Waals surface area contributed by atoms with E-state index >= 15 is 0 Å². The van der Waals surface area contributed by atoms with Crippen LogP contribution in [0.4, 0.5) is 0 Å². The molecule has 7 nitrogen and oxygen atoms in total. The van der Waals surface area contributed by atoms with Gasteiger partial charge in [0.05, 0.1) is 24.4 Å². The van der Waals surface area contributed by atoms with E-state index in [0.29, 0.717) is 23.1 Å². The predicted molar refractivity (Wildman–Crippen MR) is 70.8 cm³/mol. The Hall–Kier alpha value is -3.01. The first-order valence-corrected chi connectivity index (χ1v) is 5.93. The topological polar surface area (TPSA) is 89.4 Å². The summed E-state index contributed by atoms with van der Waals surface area (Å²) in [4.78, 5) is 12.2. The van der Waals surface area contributed by atoms with Crippen LogP contribution in [0.2, 0.25) is 0 Å². The summed E-state index contributed by atoms with van der Waals surface area (Å²) in [7, 11) is 1.71. The second-order valence-electron chi connectivity index (χ2n) is 4.37. The van der Waals surface area contributed by atoms with Crippen LogP contribution in [0.3, 0.4) is 0 Å². The molecular formula is C13H10N6O. The van der Waals surface area contributed by atoms with E-state index in [4.69, 9.17) is 5.26 Å². The molecule has 0 N–H and O–H groups in total. The fourth-order valence-electron chi connectivity index (χ4n) is 1.94. The van der Waals surface area contributed by atoms with Crippen molar-refractivity contribution in [3.05, 3.63) is 51.9 Å². The normalized spacial score (nSPS) is 10.6. The maximum atomic E-state index is 12.2. The van der Waals surface area contributed by atoms with E-state index in [1.54, 1.807) is 31.3 Å². The van der Waals surface area contributed by atoms with E-state index in [-0.39, 0.29) is 5.56 Å². The Kier molecular flexibility index (Phi) is 2.76. The van der Waals surface area contributed by atoms with Gasteiger partial charge in [0, 0.05) is 7.05 Å². The van der Waals surface area contributed by atoms with Crippen LogP contribution in [0.5, 0.6) is 0 Å². The first kappa shape index (κ1) is 12.0. The largest absolute Gasteiger partial charge is 0.281 e. The zero-order valence-electron chi connectivity index (χ0n) is 10.7. The smallest absolute Gasteiger partial charge is 0.267 e. The molecule has 3 rings (SSSR count). The lowest BCUT2D eigenvalue weighted by Gasteiger charge is -2.03. The van der Waals surface area contributed by atoms with E-state index in [2.05, 4.69) is 15.4 Å². The first-order valence-electron chi connectivity index (χ1n) is 5.93. The van der Waals surface area contributed by atoms with Gasteiger partial charge in [-0.05, 0) is 17.7 Å². The lowest BCUT2D eigenvalue weighted by atomic mass is 10.1. The summed E-state index contributed by atoms with van der Waals surface area (Å²) in [6.07, 6.45) is 1.49. The highest BCUT2D eigenvalue weighted by molar-refractivity contribution is 5.72. The van der Waals surface area contributed by atoms with Crippen LogP contribution in [0.15, 0.2) is 35.3 Å². The van der Waals surface area contributed by atoms with Crippen LogP contribution in [-0.4, -0.2) is 24.8 Å².